The zero-order valence-electron chi connectivity index (χ0n) is 21.0. The molecule has 0 unspecified atom stereocenters. The summed E-state index contributed by atoms with van der Waals surface area (Å²) in [6.07, 6.45) is 3.76. The first-order chi connectivity index (χ1) is 18.4. The average Bonchev–Trinajstić information content (AvgIpc) is 2.93. The number of phenolic OH excluding ortho intramolecular Hbond substituents is 2. The maximum Gasteiger partial charge on any atom is 0.271 e. The van der Waals surface area contributed by atoms with E-state index >= 15 is 0 Å². The molecule has 0 radical (unpaired) electrons. The molecule has 0 aliphatic rings. The lowest BCUT2D eigenvalue weighted by Crippen LogP contribution is -2.18. The molecule has 0 saturated carbocycles. The summed E-state index contributed by atoms with van der Waals surface area (Å²) < 4.78 is 10.1. The van der Waals surface area contributed by atoms with E-state index in [2.05, 4.69) is 26.4 Å². The molecule has 0 aliphatic heterocycles. The van der Waals surface area contributed by atoms with Gasteiger partial charge in [0.05, 0.1) is 26.6 Å². The molecule has 0 atom stereocenters. The lowest BCUT2D eigenvalue weighted by atomic mass is 10.2. The van der Waals surface area contributed by atoms with Crippen molar-refractivity contribution >= 4 is 29.9 Å². The van der Waals surface area contributed by atoms with Crippen LogP contribution in [0.25, 0.3) is 0 Å². The molecule has 38 heavy (non-hydrogen) atoms. The van der Waals surface area contributed by atoms with Gasteiger partial charge in [-0.3, -0.25) is 9.59 Å². The van der Waals surface area contributed by atoms with E-state index in [1.165, 1.54) is 38.8 Å². The van der Waals surface area contributed by atoms with Gasteiger partial charge in [0.2, 0.25) is 5.91 Å². The van der Waals surface area contributed by atoms with Crippen molar-refractivity contribution in [1.82, 2.24) is 10.9 Å². The summed E-state index contributed by atoms with van der Waals surface area (Å²) in [5.41, 5.74) is 7.47. The molecule has 3 aromatic rings. The number of benzene rings is 3. The smallest absolute Gasteiger partial charge is 0.271 e. The first-order valence-electron chi connectivity index (χ1n) is 11.6. The van der Waals surface area contributed by atoms with Crippen molar-refractivity contribution in [3.05, 3.63) is 77.4 Å². The molecule has 0 saturated heterocycles. The normalized spacial score (nSPS) is 10.9. The van der Waals surface area contributed by atoms with E-state index in [9.17, 15) is 19.8 Å². The molecule has 0 aliphatic carbocycles. The van der Waals surface area contributed by atoms with Gasteiger partial charge in [0.25, 0.3) is 5.91 Å². The predicted octanol–water partition coefficient (Wildman–Crippen LogP) is 3.22. The van der Waals surface area contributed by atoms with Gasteiger partial charge < -0.3 is 25.0 Å². The number of hydrogen-bond donors (Lipinski definition) is 5. The van der Waals surface area contributed by atoms with Crippen LogP contribution in [0.5, 0.6) is 23.0 Å². The molecule has 0 bridgehead atoms. The highest BCUT2D eigenvalue weighted by molar-refractivity contribution is 5.95. The number of hydrazone groups is 2. The topological polar surface area (TPSA) is 154 Å². The van der Waals surface area contributed by atoms with Crippen molar-refractivity contribution in [2.24, 2.45) is 10.2 Å². The zero-order chi connectivity index (χ0) is 27.3. The number of amides is 2. The number of ether oxygens (including phenoxy) is 2. The van der Waals surface area contributed by atoms with E-state index in [0.29, 0.717) is 41.2 Å². The Morgan fingerprint density at radius 3 is 1.92 bits per heavy atom. The third-order valence-electron chi connectivity index (χ3n) is 5.25. The monoisotopic (exact) mass is 519 g/mol. The lowest BCUT2D eigenvalue weighted by Gasteiger charge is -2.07. The zero-order valence-corrected chi connectivity index (χ0v) is 21.0. The summed E-state index contributed by atoms with van der Waals surface area (Å²) >= 11 is 0. The molecule has 198 valence electrons. The Hall–Kier alpha value is -5.06. The third kappa shape index (κ3) is 8.26. The second kappa shape index (κ2) is 13.9. The molecule has 5 N–H and O–H groups in total. The molecular weight excluding hydrogens is 490 g/mol. The van der Waals surface area contributed by atoms with Gasteiger partial charge >= 0.3 is 0 Å². The number of nitrogens with one attached hydrogen (secondary N) is 3. The minimum absolute atomic E-state index is 0.0171. The van der Waals surface area contributed by atoms with Gasteiger partial charge in [-0.05, 0) is 78.2 Å². The van der Waals surface area contributed by atoms with Crippen LogP contribution in [0.15, 0.2) is 70.9 Å². The summed E-state index contributed by atoms with van der Waals surface area (Å²) in [4.78, 5) is 24.3. The van der Waals surface area contributed by atoms with Crippen molar-refractivity contribution < 1.29 is 29.3 Å². The highest BCUT2D eigenvalue weighted by atomic mass is 16.5. The Bertz CT molecular complexity index is 1310. The van der Waals surface area contributed by atoms with Gasteiger partial charge in [0, 0.05) is 24.2 Å². The summed E-state index contributed by atoms with van der Waals surface area (Å²) in [7, 11) is 2.90. The van der Waals surface area contributed by atoms with Crippen molar-refractivity contribution in [1.29, 1.82) is 0 Å². The molecule has 0 spiro atoms. The van der Waals surface area contributed by atoms with Crippen LogP contribution in [0, 0.1) is 0 Å². The van der Waals surface area contributed by atoms with E-state index in [-0.39, 0.29) is 29.7 Å². The fourth-order valence-electron chi connectivity index (χ4n) is 3.23. The van der Waals surface area contributed by atoms with E-state index < -0.39 is 0 Å². The Kier molecular flexibility index (Phi) is 10.1. The molecule has 0 aromatic heterocycles. The molecule has 0 fully saturated rings. The minimum atomic E-state index is -0.374. The van der Waals surface area contributed by atoms with E-state index in [0.717, 1.165) is 5.69 Å². The first-order valence-corrected chi connectivity index (χ1v) is 11.6. The third-order valence-corrected chi connectivity index (χ3v) is 5.25. The van der Waals surface area contributed by atoms with Crippen molar-refractivity contribution in [2.45, 2.75) is 12.8 Å². The van der Waals surface area contributed by atoms with Gasteiger partial charge in [0.1, 0.15) is 0 Å². The molecular formula is C27H29N5O6. The fourth-order valence-corrected chi connectivity index (χ4v) is 3.23. The first kappa shape index (κ1) is 27.5. The number of carbonyl (C=O) groups excluding carboxylic acids is 2. The van der Waals surface area contributed by atoms with E-state index in [1.54, 1.807) is 48.5 Å². The van der Waals surface area contributed by atoms with E-state index in [4.69, 9.17) is 9.47 Å². The highest BCUT2D eigenvalue weighted by Crippen LogP contribution is 2.26. The number of anilines is 1. The number of nitrogens with zero attached hydrogens (tertiary/aromatic N) is 2. The Balaban J connectivity index is 1.37. The molecule has 11 nitrogen and oxygen atoms in total. The number of phenols is 2. The van der Waals surface area contributed by atoms with Crippen LogP contribution in [-0.4, -0.2) is 55.2 Å². The number of hydrogen-bond acceptors (Lipinski definition) is 9. The Morgan fingerprint density at radius 1 is 0.816 bits per heavy atom. The van der Waals surface area contributed by atoms with Crippen LogP contribution < -0.4 is 25.6 Å². The second-order valence-corrected chi connectivity index (χ2v) is 7.96. The van der Waals surface area contributed by atoms with Crippen LogP contribution in [0.1, 0.15) is 34.3 Å². The largest absolute Gasteiger partial charge is 0.504 e. The van der Waals surface area contributed by atoms with Crippen LogP contribution in [-0.2, 0) is 4.79 Å². The second-order valence-electron chi connectivity index (χ2n) is 7.96. The summed E-state index contributed by atoms with van der Waals surface area (Å²) in [5.74, 6) is 0.0685. The van der Waals surface area contributed by atoms with E-state index in [1.807, 2.05) is 0 Å². The van der Waals surface area contributed by atoms with Gasteiger partial charge in [-0.1, -0.05) is 0 Å². The molecule has 11 heteroatoms. The van der Waals surface area contributed by atoms with Gasteiger partial charge in [-0.15, -0.1) is 0 Å². The van der Waals surface area contributed by atoms with Crippen LogP contribution in [0.2, 0.25) is 0 Å². The maximum absolute atomic E-state index is 12.3. The number of rotatable bonds is 12. The van der Waals surface area contributed by atoms with Crippen molar-refractivity contribution in [3.63, 3.8) is 0 Å². The number of aromatic hydroxyl groups is 2. The Morgan fingerprint density at radius 2 is 1.37 bits per heavy atom. The SMILES string of the molecule is COc1cc(/C=N/NC(=O)CCCNc2ccc(C(=O)N/N=C/c3ccc(O)c(OC)c3)cc2)ccc1O. The molecule has 3 aromatic carbocycles. The van der Waals surface area contributed by atoms with Crippen LogP contribution in [0.3, 0.4) is 0 Å². The number of carbonyl (C=O) groups is 2. The summed E-state index contributed by atoms with van der Waals surface area (Å²) in [5, 5.41) is 30.3. The fraction of sp³-hybridized carbons (Fsp3) is 0.185. The summed E-state index contributed by atoms with van der Waals surface area (Å²) in [6.45, 7) is 0.554. The lowest BCUT2D eigenvalue weighted by molar-refractivity contribution is -0.121. The molecule has 2 amide bonds. The van der Waals surface area contributed by atoms with Gasteiger partial charge in [-0.2, -0.15) is 10.2 Å². The van der Waals surface area contributed by atoms with Crippen molar-refractivity contribution in [2.75, 3.05) is 26.1 Å². The highest BCUT2D eigenvalue weighted by Gasteiger charge is 2.06. The quantitative estimate of drug-likeness (QED) is 0.140. The van der Waals surface area contributed by atoms with Crippen LogP contribution in [0.4, 0.5) is 5.69 Å². The maximum atomic E-state index is 12.3. The van der Waals surface area contributed by atoms with Gasteiger partial charge in [-0.25, -0.2) is 10.9 Å². The predicted molar refractivity (Wildman–Crippen MR) is 144 cm³/mol. The molecule has 0 heterocycles. The van der Waals surface area contributed by atoms with Crippen LogP contribution >= 0.6 is 0 Å². The van der Waals surface area contributed by atoms with Gasteiger partial charge in [0.15, 0.2) is 23.0 Å². The summed E-state index contributed by atoms with van der Waals surface area (Å²) in [6, 6.07) is 16.3. The van der Waals surface area contributed by atoms with Crippen molar-refractivity contribution in [3.8, 4) is 23.0 Å². The average molecular weight is 520 g/mol. The standard InChI is InChI=1S/C27H29N5O6/c1-37-24-14-18(5-11-22(24)33)16-29-31-26(35)4-3-13-28-21-9-7-20(8-10-21)27(36)32-30-17-19-6-12-23(34)25(15-19)38-2/h5-12,14-17,28,33-34H,3-4,13H2,1-2H3,(H,31,35)(H,32,36)/b29-16+,30-17+. The number of methoxy groups -OCH3 is 2. The minimum Gasteiger partial charge on any atom is -0.504 e. The Labute approximate surface area is 219 Å². The molecule has 3 rings (SSSR count).